The van der Waals surface area contributed by atoms with Crippen LogP contribution in [0.5, 0.6) is 0 Å². The molecule has 4 aromatic rings. The van der Waals surface area contributed by atoms with Crippen molar-refractivity contribution < 1.29 is 18.0 Å². The zero-order valence-corrected chi connectivity index (χ0v) is 27.0. The molecule has 0 aliphatic rings. The Morgan fingerprint density at radius 2 is 1.45 bits per heavy atom. The lowest BCUT2D eigenvalue weighted by Crippen LogP contribution is -2.56. The molecule has 0 saturated heterocycles. The maximum atomic E-state index is 14.5. The van der Waals surface area contributed by atoms with Gasteiger partial charge in [0.15, 0.2) is 0 Å². The Bertz CT molecular complexity index is 1690. The number of amides is 2. The maximum absolute atomic E-state index is 14.5. The molecule has 0 spiro atoms. The van der Waals surface area contributed by atoms with E-state index >= 15 is 0 Å². The second kappa shape index (κ2) is 14.1. The molecule has 0 aliphatic carbocycles. The van der Waals surface area contributed by atoms with Crippen LogP contribution in [0.25, 0.3) is 0 Å². The molecule has 1 atom stereocenters. The Morgan fingerprint density at radius 1 is 0.841 bits per heavy atom. The average Bonchev–Trinajstić information content (AvgIpc) is 2.98. The predicted octanol–water partition coefficient (Wildman–Crippen LogP) is 6.40. The van der Waals surface area contributed by atoms with Crippen LogP contribution in [-0.4, -0.2) is 43.3 Å². The van der Waals surface area contributed by atoms with Gasteiger partial charge in [0.1, 0.15) is 12.6 Å². The SMILES string of the molecule is Cc1ccccc1CN(C(=O)CN(c1cccc(Cl)c1)S(=O)(=O)c1ccccc1)[C@H](Cc1ccccc1)C(=O)NC(C)(C)C. The van der Waals surface area contributed by atoms with Crippen molar-refractivity contribution in [2.75, 3.05) is 10.8 Å². The summed E-state index contributed by atoms with van der Waals surface area (Å²) < 4.78 is 29.1. The number of benzene rings is 4. The zero-order chi connectivity index (χ0) is 31.9. The molecule has 4 aromatic carbocycles. The Hall–Kier alpha value is -4.14. The zero-order valence-electron chi connectivity index (χ0n) is 25.4. The van der Waals surface area contributed by atoms with Crippen molar-refractivity contribution in [1.82, 2.24) is 10.2 Å². The van der Waals surface area contributed by atoms with Gasteiger partial charge in [-0.1, -0.05) is 90.5 Å². The summed E-state index contributed by atoms with van der Waals surface area (Å²) in [6, 6.07) is 30.5. The third-order valence-electron chi connectivity index (χ3n) is 7.08. The Morgan fingerprint density at radius 3 is 2.07 bits per heavy atom. The lowest BCUT2D eigenvalue weighted by atomic mass is 10.00. The summed E-state index contributed by atoms with van der Waals surface area (Å²) in [5.41, 5.74) is 2.34. The van der Waals surface area contributed by atoms with Crippen LogP contribution in [0, 0.1) is 6.92 Å². The molecule has 44 heavy (non-hydrogen) atoms. The first-order valence-electron chi connectivity index (χ1n) is 14.4. The minimum atomic E-state index is -4.19. The summed E-state index contributed by atoms with van der Waals surface area (Å²) >= 11 is 6.28. The van der Waals surface area contributed by atoms with Crippen LogP contribution in [-0.2, 0) is 32.6 Å². The number of hydrogen-bond donors (Lipinski definition) is 1. The van der Waals surface area contributed by atoms with E-state index < -0.39 is 34.1 Å². The number of carbonyl (C=O) groups excluding carboxylic acids is 2. The van der Waals surface area contributed by atoms with Crippen LogP contribution in [0.3, 0.4) is 0 Å². The van der Waals surface area contributed by atoms with Crippen molar-refractivity contribution in [2.24, 2.45) is 0 Å². The van der Waals surface area contributed by atoms with Gasteiger partial charge in [0.25, 0.3) is 10.0 Å². The molecule has 0 heterocycles. The average molecular weight is 632 g/mol. The van der Waals surface area contributed by atoms with E-state index in [-0.39, 0.29) is 29.5 Å². The van der Waals surface area contributed by atoms with Gasteiger partial charge < -0.3 is 10.2 Å². The first-order chi connectivity index (χ1) is 20.8. The van der Waals surface area contributed by atoms with E-state index in [4.69, 9.17) is 11.6 Å². The third-order valence-corrected chi connectivity index (χ3v) is 9.10. The number of rotatable bonds is 11. The van der Waals surface area contributed by atoms with Gasteiger partial charge in [-0.25, -0.2) is 8.42 Å². The molecule has 0 aliphatic heterocycles. The van der Waals surface area contributed by atoms with Crippen LogP contribution in [0.1, 0.15) is 37.5 Å². The maximum Gasteiger partial charge on any atom is 0.264 e. The van der Waals surface area contributed by atoms with E-state index in [1.165, 1.54) is 23.1 Å². The van der Waals surface area contributed by atoms with Gasteiger partial charge in [0.2, 0.25) is 11.8 Å². The van der Waals surface area contributed by atoms with Crippen molar-refractivity contribution in [3.8, 4) is 0 Å². The van der Waals surface area contributed by atoms with E-state index in [0.29, 0.717) is 5.02 Å². The molecule has 0 fully saturated rings. The first-order valence-corrected chi connectivity index (χ1v) is 16.2. The van der Waals surface area contributed by atoms with Crippen molar-refractivity contribution in [1.29, 1.82) is 0 Å². The number of nitrogens with one attached hydrogen (secondary N) is 1. The van der Waals surface area contributed by atoms with E-state index in [9.17, 15) is 18.0 Å². The molecule has 0 saturated carbocycles. The van der Waals surface area contributed by atoms with Gasteiger partial charge in [-0.15, -0.1) is 0 Å². The molecule has 2 amide bonds. The van der Waals surface area contributed by atoms with Crippen LogP contribution in [0.2, 0.25) is 5.02 Å². The van der Waals surface area contributed by atoms with Crippen LogP contribution in [0.15, 0.2) is 114 Å². The molecule has 0 aromatic heterocycles. The fourth-order valence-corrected chi connectivity index (χ4v) is 6.47. The highest BCUT2D eigenvalue weighted by molar-refractivity contribution is 7.92. The first kappa shape index (κ1) is 32.8. The summed E-state index contributed by atoms with van der Waals surface area (Å²) in [5.74, 6) is -0.860. The van der Waals surface area contributed by atoms with Gasteiger partial charge in [-0.05, 0) is 74.7 Å². The number of sulfonamides is 1. The van der Waals surface area contributed by atoms with Crippen molar-refractivity contribution >= 4 is 39.1 Å². The number of carbonyl (C=O) groups is 2. The summed E-state index contributed by atoms with van der Waals surface area (Å²) in [5, 5.41) is 3.37. The summed E-state index contributed by atoms with van der Waals surface area (Å²) in [6.07, 6.45) is 0.239. The molecule has 4 rings (SSSR count). The number of nitrogens with zero attached hydrogens (tertiary/aromatic N) is 2. The number of halogens is 1. The summed E-state index contributed by atoms with van der Waals surface area (Å²) in [7, 11) is -4.19. The van der Waals surface area contributed by atoms with E-state index in [1.807, 2.05) is 82.3 Å². The molecular formula is C35H38ClN3O4S. The molecule has 0 radical (unpaired) electrons. The van der Waals surface area contributed by atoms with Gasteiger partial charge >= 0.3 is 0 Å². The highest BCUT2D eigenvalue weighted by atomic mass is 35.5. The van der Waals surface area contributed by atoms with Crippen LogP contribution in [0.4, 0.5) is 5.69 Å². The summed E-state index contributed by atoms with van der Waals surface area (Å²) in [4.78, 5) is 30.0. The molecule has 0 unspecified atom stereocenters. The van der Waals surface area contributed by atoms with Gasteiger partial charge in [-0.3, -0.25) is 13.9 Å². The van der Waals surface area contributed by atoms with Crippen LogP contribution >= 0.6 is 11.6 Å². The normalized spacial score (nSPS) is 12.3. The quantitative estimate of drug-likeness (QED) is 0.208. The smallest absolute Gasteiger partial charge is 0.264 e. The lowest BCUT2D eigenvalue weighted by molar-refractivity contribution is -0.140. The Balaban J connectivity index is 1.82. The minimum absolute atomic E-state index is 0.0320. The fraction of sp³-hybridized carbons (Fsp3) is 0.257. The van der Waals surface area contributed by atoms with Gasteiger partial charge in [0, 0.05) is 23.5 Å². The highest BCUT2D eigenvalue weighted by Gasteiger charge is 2.35. The largest absolute Gasteiger partial charge is 0.350 e. The van der Waals surface area contributed by atoms with Gasteiger partial charge in [0.05, 0.1) is 10.6 Å². The standard InChI is InChI=1S/C35H38ClN3O4S/c1-26-14-11-12-17-28(26)24-38(32(34(41)37-35(2,3)4)22-27-15-7-5-8-16-27)33(40)25-39(30-19-13-18-29(36)23-30)44(42,43)31-20-9-6-10-21-31/h5-21,23,32H,22,24-25H2,1-4H3,(H,37,41)/t32-/m1/s1. The molecule has 7 nitrogen and oxygen atoms in total. The van der Waals surface area contributed by atoms with E-state index in [2.05, 4.69) is 5.32 Å². The second-order valence-corrected chi connectivity index (χ2v) is 14.0. The van der Waals surface area contributed by atoms with Gasteiger partial charge in [-0.2, -0.15) is 0 Å². The van der Waals surface area contributed by atoms with Crippen molar-refractivity contribution in [2.45, 2.75) is 57.1 Å². The molecule has 0 bridgehead atoms. The van der Waals surface area contributed by atoms with Crippen LogP contribution < -0.4 is 9.62 Å². The molecule has 230 valence electrons. The number of anilines is 1. The van der Waals surface area contributed by atoms with E-state index in [0.717, 1.165) is 21.0 Å². The predicted molar refractivity (Wildman–Crippen MR) is 176 cm³/mol. The highest BCUT2D eigenvalue weighted by Crippen LogP contribution is 2.27. The van der Waals surface area contributed by atoms with Crippen molar-refractivity contribution in [3.05, 3.63) is 131 Å². The Kier molecular flexibility index (Phi) is 10.5. The molecule has 9 heteroatoms. The van der Waals surface area contributed by atoms with Crippen molar-refractivity contribution in [3.63, 3.8) is 0 Å². The molecular weight excluding hydrogens is 594 g/mol. The topological polar surface area (TPSA) is 86.8 Å². The monoisotopic (exact) mass is 631 g/mol. The number of aryl methyl sites for hydroxylation is 1. The fourth-order valence-electron chi connectivity index (χ4n) is 4.86. The lowest BCUT2D eigenvalue weighted by Gasteiger charge is -2.35. The molecule has 1 N–H and O–H groups in total. The van der Waals surface area contributed by atoms with E-state index in [1.54, 1.807) is 36.4 Å². The third kappa shape index (κ3) is 8.49. The number of hydrogen-bond acceptors (Lipinski definition) is 4. The second-order valence-electron chi connectivity index (χ2n) is 11.7. The minimum Gasteiger partial charge on any atom is -0.350 e. The summed E-state index contributed by atoms with van der Waals surface area (Å²) in [6.45, 7) is 7.15. The Labute approximate surface area is 265 Å².